The van der Waals surface area contributed by atoms with Crippen molar-refractivity contribution in [2.75, 3.05) is 0 Å². The Bertz CT molecular complexity index is 342. The Labute approximate surface area is 93.7 Å². The van der Waals surface area contributed by atoms with Crippen LogP contribution in [0.3, 0.4) is 0 Å². The number of unbranched alkanes of at least 4 members (excludes halogenated alkanes) is 3. The van der Waals surface area contributed by atoms with E-state index in [0.717, 1.165) is 6.42 Å². The molecule has 0 radical (unpaired) electrons. The first-order valence-corrected chi connectivity index (χ1v) is 5.73. The molecule has 0 heterocycles. The van der Waals surface area contributed by atoms with Crippen molar-refractivity contribution < 1.29 is 0 Å². The molecular formula is C15H20. The third-order valence-electron chi connectivity index (χ3n) is 2.77. The number of aryl methyl sites for hydroxylation is 3. The second-order valence-corrected chi connectivity index (χ2v) is 4.19. The SMILES string of the molecule is C#CCCCCCc1ccc(C)cc1C. The zero-order valence-corrected chi connectivity index (χ0v) is 9.84. The summed E-state index contributed by atoms with van der Waals surface area (Å²) in [5.41, 5.74) is 4.26. The quantitative estimate of drug-likeness (QED) is 0.497. The Morgan fingerprint density at radius 1 is 1.13 bits per heavy atom. The summed E-state index contributed by atoms with van der Waals surface area (Å²) in [7, 11) is 0. The molecule has 0 spiro atoms. The summed E-state index contributed by atoms with van der Waals surface area (Å²) in [6.07, 6.45) is 11.0. The lowest BCUT2D eigenvalue weighted by atomic mass is 10.00. The molecule has 15 heavy (non-hydrogen) atoms. The molecule has 0 saturated heterocycles. The summed E-state index contributed by atoms with van der Waals surface area (Å²) in [6, 6.07) is 6.71. The predicted molar refractivity (Wildman–Crippen MR) is 66.9 cm³/mol. The van der Waals surface area contributed by atoms with Crippen LogP contribution in [0.4, 0.5) is 0 Å². The van der Waals surface area contributed by atoms with E-state index in [-0.39, 0.29) is 0 Å². The molecule has 0 aliphatic carbocycles. The molecule has 0 amide bonds. The van der Waals surface area contributed by atoms with Crippen LogP contribution in [-0.4, -0.2) is 0 Å². The molecule has 0 heteroatoms. The fraction of sp³-hybridized carbons (Fsp3) is 0.467. The fourth-order valence-corrected chi connectivity index (χ4v) is 1.85. The van der Waals surface area contributed by atoms with Crippen molar-refractivity contribution in [3.63, 3.8) is 0 Å². The monoisotopic (exact) mass is 200 g/mol. The Balaban J connectivity index is 2.35. The summed E-state index contributed by atoms with van der Waals surface area (Å²) >= 11 is 0. The number of hydrogen-bond acceptors (Lipinski definition) is 0. The maximum atomic E-state index is 5.21. The molecule has 0 atom stereocenters. The number of rotatable bonds is 5. The van der Waals surface area contributed by atoms with Crippen LogP contribution in [0.1, 0.15) is 42.4 Å². The van der Waals surface area contributed by atoms with Crippen molar-refractivity contribution in [2.45, 2.75) is 46.0 Å². The van der Waals surface area contributed by atoms with E-state index in [1.807, 2.05) is 0 Å². The van der Waals surface area contributed by atoms with Crippen LogP contribution in [0.5, 0.6) is 0 Å². The van der Waals surface area contributed by atoms with Gasteiger partial charge in [-0.15, -0.1) is 12.3 Å². The van der Waals surface area contributed by atoms with Gasteiger partial charge in [0.1, 0.15) is 0 Å². The Morgan fingerprint density at radius 3 is 2.60 bits per heavy atom. The van der Waals surface area contributed by atoms with Crippen LogP contribution in [0.25, 0.3) is 0 Å². The zero-order chi connectivity index (χ0) is 11.1. The first-order valence-electron chi connectivity index (χ1n) is 5.73. The van der Waals surface area contributed by atoms with Gasteiger partial charge in [0.15, 0.2) is 0 Å². The average molecular weight is 200 g/mol. The molecule has 1 aromatic rings. The first kappa shape index (κ1) is 11.9. The van der Waals surface area contributed by atoms with E-state index in [2.05, 4.69) is 38.0 Å². The van der Waals surface area contributed by atoms with Crippen molar-refractivity contribution in [3.8, 4) is 12.3 Å². The van der Waals surface area contributed by atoms with Crippen LogP contribution in [-0.2, 0) is 6.42 Å². The van der Waals surface area contributed by atoms with Crippen molar-refractivity contribution in [1.29, 1.82) is 0 Å². The number of benzene rings is 1. The van der Waals surface area contributed by atoms with Gasteiger partial charge in [0.2, 0.25) is 0 Å². The van der Waals surface area contributed by atoms with E-state index in [4.69, 9.17) is 6.42 Å². The smallest absolute Gasteiger partial charge is 0.00860 e. The normalized spacial score (nSPS) is 9.93. The molecule has 0 fully saturated rings. The maximum absolute atomic E-state index is 5.21. The van der Waals surface area contributed by atoms with Gasteiger partial charge in [0.25, 0.3) is 0 Å². The highest BCUT2D eigenvalue weighted by Gasteiger charge is 1.98. The van der Waals surface area contributed by atoms with Crippen LogP contribution in [0.2, 0.25) is 0 Å². The lowest BCUT2D eigenvalue weighted by Gasteiger charge is -2.06. The largest absolute Gasteiger partial charge is 0.120 e. The van der Waals surface area contributed by atoms with Crippen molar-refractivity contribution >= 4 is 0 Å². The predicted octanol–water partition coefficient (Wildman–Crippen LogP) is 4.04. The highest BCUT2D eigenvalue weighted by molar-refractivity contribution is 5.30. The average Bonchev–Trinajstić information content (AvgIpc) is 2.20. The van der Waals surface area contributed by atoms with Gasteiger partial charge < -0.3 is 0 Å². The van der Waals surface area contributed by atoms with Crippen molar-refractivity contribution in [3.05, 3.63) is 34.9 Å². The van der Waals surface area contributed by atoms with Crippen LogP contribution in [0.15, 0.2) is 18.2 Å². The summed E-state index contributed by atoms with van der Waals surface area (Å²) in [6.45, 7) is 4.34. The van der Waals surface area contributed by atoms with E-state index in [9.17, 15) is 0 Å². The number of terminal acetylenes is 1. The van der Waals surface area contributed by atoms with Gasteiger partial charge in [-0.3, -0.25) is 0 Å². The molecule has 0 aromatic heterocycles. The van der Waals surface area contributed by atoms with E-state index < -0.39 is 0 Å². The second-order valence-electron chi connectivity index (χ2n) is 4.19. The van der Waals surface area contributed by atoms with E-state index in [1.54, 1.807) is 0 Å². The summed E-state index contributed by atoms with van der Waals surface area (Å²) < 4.78 is 0. The topological polar surface area (TPSA) is 0 Å². The molecular weight excluding hydrogens is 180 g/mol. The molecule has 1 aromatic carbocycles. The first-order chi connectivity index (χ1) is 7.24. The van der Waals surface area contributed by atoms with Gasteiger partial charge in [-0.05, 0) is 44.2 Å². The third kappa shape index (κ3) is 4.21. The van der Waals surface area contributed by atoms with Gasteiger partial charge in [-0.1, -0.05) is 30.2 Å². The van der Waals surface area contributed by atoms with Gasteiger partial charge in [0.05, 0.1) is 0 Å². The third-order valence-corrected chi connectivity index (χ3v) is 2.77. The highest BCUT2D eigenvalue weighted by atomic mass is 14.0. The lowest BCUT2D eigenvalue weighted by molar-refractivity contribution is 0.691. The van der Waals surface area contributed by atoms with E-state index in [1.165, 1.54) is 42.4 Å². The van der Waals surface area contributed by atoms with E-state index >= 15 is 0 Å². The standard InChI is InChI=1S/C15H20/c1-4-5-6-7-8-9-15-11-10-13(2)12-14(15)3/h1,10-12H,5-9H2,2-3H3. The highest BCUT2D eigenvalue weighted by Crippen LogP contribution is 2.14. The van der Waals surface area contributed by atoms with Crippen LogP contribution < -0.4 is 0 Å². The molecule has 0 aliphatic heterocycles. The lowest BCUT2D eigenvalue weighted by Crippen LogP contribution is -1.90. The Kier molecular flexibility index (Phi) is 4.98. The number of hydrogen-bond donors (Lipinski definition) is 0. The maximum Gasteiger partial charge on any atom is 0.00860 e. The summed E-state index contributed by atoms with van der Waals surface area (Å²) in [5, 5.41) is 0. The summed E-state index contributed by atoms with van der Waals surface area (Å²) in [5.74, 6) is 2.69. The van der Waals surface area contributed by atoms with Gasteiger partial charge in [-0.2, -0.15) is 0 Å². The molecule has 80 valence electrons. The molecule has 0 unspecified atom stereocenters. The molecule has 0 aliphatic rings. The van der Waals surface area contributed by atoms with E-state index in [0.29, 0.717) is 0 Å². The van der Waals surface area contributed by atoms with Crippen molar-refractivity contribution in [2.24, 2.45) is 0 Å². The summed E-state index contributed by atoms with van der Waals surface area (Å²) in [4.78, 5) is 0. The minimum Gasteiger partial charge on any atom is -0.120 e. The second kappa shape index (κ2) is 6.30. The molecule has 0 N–H and O–H groups in total. The minimum atomic E-state index is 0.923. The Morgan fingerprint density at radius 2 is 1.93 bits per heavy atom. The minimum absolute atomic E-state index is 0.923. The molecule has 0 saturated carbocycles. The van der Waals surface area contributed by atoms with Crippen LogP contribution in [0, 0.1) is 26.2 Å². The molecule has 0 nitrogen and oxygen atoms in total. The van der Waals surface area contributed by atoms with Crippen molar-refractivity contribution in [1.82, 2.24) is 0 Å². The van der Waals surface area contributed by atoms with Gasteiger partial charge in [0, 0.05) is 6.42 Å². The Hall–Kier alpha value is -1.22. The molecule has 0 bridgehead atoms. The molecule has 1 rings (SSSR count). The fourth-order valence-electron chi connectivity index (χ4n) is 1.85. The zero-order valence-electron chi connectivity index (χ0n) is 9.84. The van der Waals surface area contributed by atoms with Gasteiger partial charge >= 0.3 is 0 Å². The van der Waals surface area contributed by atoms with Gasteiger partial charge in [-0.25, -0.2) is 0 Å². The van der Waals surface area contributed by atoms with Crippen LogP contribution >= 0.6 is 0 Å².